The van der Waals surface area contributed by atoms with E-state index in [9.17, 15) is 9.90 Å². The van der Waals surface area contributed by atoms with Crippen LogP contribution in [0.5, 0.6) is 0 Å². The van der Waals surface area contributed by atoms with Crippen molar-refractivity contribution in [1.82, 2.24) is 9.78 Å². The molecule has 0 radical (unpaired) electrons. The van der Waals surface area contributed by atoms with Crippen molar-refractivity contribution in [3.05, 3.63) is 18.0 Å². The highest BCUT2D eigenvalue weighted by Gasteiger charge is 2.62. The number of aliphatic hydroxyl groups is 1. The van der Waals surface area contributed by atoms with Crippen LogP contribution in [-0.4, -0.2) is 40.0 Å². The molecule has 4 fully saturated rings. The van der Waals surface area contributed by atoms with Gasteiger partial charge in [-0.2, -0.15) is 10.4 Å². The van der Waals surface area contributed by atoms with Crippen LogP contribution in [0.4, 0.5) is 0 Å². The summed E-state index contributed by atoms with van der Waals surface area (Å²) in [5.74, 6) is 3.95. The highest BCUT2D eigenvalue weighted by molar-refractivity contribution is 5.82. The Labute approximate surface area is 185 Å². The molecule has 0 bridgehead atoms. The Morgan fingerprint density at radius 1 is 1.29 bits per heavy atom. The van der Waals surface area contributed by atoms with Gasteiger partial charge in [0.15, 0.2) is 5.78 Å². The fraction of sp³-hybridized carbons (Fsp3) is 0.800. The SMILES string of the molecule is COC[C@@]1(O)CC[C@H]2[C@H](CC[C@@H]3[C@@H]2CC[C@]2(C)[C@@H](C(=O)Cn4cc(C#N)cn4)C[C@@H]32)C1. The van der Waals surface area contributed by atoms with Crippen molar-refractivity contribution in [2.75, 3.05) is 13.7 Å². The van der Waals surface area contributed by atoms with Crippen LogP contribution in [0, 0.1) is 52.3 Å². The Kier molecular flexibility index (Phi) is 5.26. The standard InChI is InChI=1S/C25H35N3O3/c1-24-7-5-19-18-6-8-25(30,15-31-2)10-17(18)3-4-20(19)21(24)9-22(24)23(29)14-28-13-16(11-26)12-27-28/h12-13,17-22,30H,3-10,14-15H2,1-2H3/t17-,18+,19-,20-,21+,22-,24+,25-/m1/s1. The third kappa shape index (κ3) is 3.45. The number of carbonyl (C=O) groups is 1. The van der Waals surface area contributed by atoms with Crippen molar-refractivity contribution < 1.29 is 14.6 Å². The number of fused-ring (bicyclic) bond motifs is 5. The van der Waals surface area contributed by atoms with Gasteiger partial charge in [0, 0.05) is 19.2 Å². The van der Waals surface area contributed by atoms with E-state index in [-0.39, 0.29) is 23.7 Å². The zero-order valence-electron chi connectivity index (χ0n) is 18.8. The van der Waals surface area contributed by atoms with Crippen LogP contribution in [-0.2, 0) is 16.1 Å². The predicted molar refractivity (Wildman–Crippen MR) is 115 cm³/mol. The third-order valence-corrected chi connectivity index (χ3v) is 9.71. The molecular formula is C25H35N3O3. The number of hydrogen-bond acceptors (Lipinski definition) is 5. The van der Waals surface area contributed by atoms with E-state index in [2.05, 4.69) is 18.1 Å². The van der Waals surface area contributed by atoms with Crippen LogP contribution < -0.4 is 0 Å². The van der Waals surface area contributed by atoms with Gasteiger partial charge in [-0.1, -0.05) is 6.92 Å². The molecule has 4 aliphatic carbocycles. The molecule has 0 saturated heterocycles. The summed E-state index contributed by atoms with van der Waals surface area (Å²) in [6, 6.07) is 2.08. The Morgan fingerprint density at radius 3 is 2.84 bits per heavy atom. The van der Waals surface area contributed by atoms with E-state index >= 15 is 0 Å². The molecule has 1 N–H and O–H groups in total. The van der Waals surface area contributed by atoms with Crippen molar-refractivity contribution in [3.63, 3.8) is 0 Å². The Bertz CT molecular complexity index is 891. The number of carbonyl (C=O) groups excluding carboxylic acids is 1. The van der Waals surface area contributed by atoms with Gasteiger partial charge in [0.05, 0.1) is 30.5 Å². The van der Waals surface area contributed by atoms with Crippen LogP contribution >= 0.6 is 0 Å². The summed E-state index contributed by atoms with van der Waals surface area (Å²) in [6.07, 6.45) is 11.9. The molecule has 5 rings (SSSR count). The molecule has 4 saturated carbocycles. The second kappa shape index (κ2) is 7.71. The number of hydrogen-bond donors (Lipinski definition) is 1. The van der Waals surface area contributed by atoms with E-state index < -0.39 is 5.60 Å². The van der Waals surface area contributed by atoms with Crippen LogP contribution in [0.3, 0.4) is 0 Å². The molecule has 1 aromatic heterocycles. The Hall–Kier alpha value is -1.71. The highest BCUT2D eigenvalue weighted by atomic mass is 16.5. The fourth-order valence-electron chi connectivity index (χ4n) is 8.23. The summed E-state index contributed by atoms with van der Waals surface area (Å²) >= 11 is 0. The van der Waals surface area contributed by atoms with Gasteiger partial charge >= 0.3 is 0 Å². The van der Waals surface area contributed by atoms with E-state index in [1.807, 2.05) is 0 Å². The number of rotatable bonds is 5. The fourth-order valence-corrected chi connectivity index (χ4v) is 8.23. The second-order valence-corrected chi connectivity index (χ2v) is 11.2. The Morgan fingerprint density at radius 2 is 2.10 bits per heavy atom. The molecule has 8 atom stereocenters. The largest absolute Gasteiger partial charge is 0.387 e. The summed E-state index contributed by atoms with van der Waals surface area (Å²) in [7, 11) is 1.69. The van der Waals surface area contributed by atoms with E-state index in [1.54, 1.807) is 18.0 Å². The molecule has 0 spiro atoms. The average molecular weight is 426 g/mol. The lowest BCUT2D eigenvalue weighted by Crippen LogP contribution is -2.60. The maximum atomic E-state index is 13.1. The Balaban J connectivity index is 1.24. The number of methoxy groups -OCH3 is 1. The van der Waals surface area contributed by atoms with E-state index in [1.165, 1.54) is 25.5 Å². The van der Waals surface area contributed by atoms with Gasteiger partial charge in [0.25, 0.3) is 0 Å². The van der Waals surface area contributed by atoms with Gasteiger partial charge in [0.1, 0.15) is 6.07 Å². The van der Waals surface area contributed by atoms with Crippen LogP contribution in [0.2, 0.25) is 0 Å². The minimum atomic E-state index is -0.627. The minimum Gasteiger partial charge on any atom is -0.387 e. The van der Waals surface area contributed by atoms with Crippen molar-refractivity contribution in [2.24, 2.45) is 40.9 Å². The van der Waals surface area contributed by atoms with Gasteiger partial charge in [-0.15, -0.1) is 0 Å². The number of nitriles is 1. The van der Waals surface area contributed by atoms with Gasteiger partial charge in [0.2, 0.25) is 0 Å². The summed E-state index contributed by atoms with van der Waals surface area (Å²) in [5, 5.41) is 24.1. The molecule has 1 aromatic rings. The molecule has 1 heterocycles. The number of ketones is 1. The van der Waals surface area contributed by atoms with Crippen LogP contribution in [0.1, 0.15) is 63.9 Å². The molecule has 6 heteroatoms. The highest BCUT2D eigenvalue weighted by Crippen LogP contribution is 2.67. The first-order valence-corrected chi connectivity index (χ1v) is 12.0. The van der Waals surface area contributed by atoms with Crippen molar-refractivity contribution in [3.8, 4) is 6.07 Å². The van der Waals surface area contributed by atoms with Crippen molar-refractivity contribution in [2.45, 2.75) is 70.4 Å². The van der Waals surface area contributed by atoms with Gasteiger partial charge in [-0.05, 0) is 86.4 Å². The second-order valence-electron chi connectivity index (χ2n) is 11.2. The van der Waals surface area contributed by atoms with Gasteiger partial charge in [-0.25, -0.2) is 0 Å². The molecule has 4 aliphatic rings. The number of nitrogens with zero attached hydrogens (tertiary/aromatic N) is 3. The van der Waals surface area contributed by atoms with Gasteiger partial charge < -0.3 is 9.84 Å². The summed E-state index contributed by atoms with van der Waals surface area (Å²) in [6.45, 7) is 3.10. The zero-order valence-corrected chi connectivity index (χ0v) is 18.8. The normalized spacial score (nSPS) is 43.7. The lowest BCUT2D eigenvalue weighted by molar-refractivity contribution is -0.180. The first kappa shape index (κ1) is 21.2. The molecule has 168 valence electrons. The summed E-state index contributed by atoms with van der Waals surface area (Å²) < 4.78 is 6.93. The molecule has 6 nitrogen and oxygen atoms in total. The smallest absolute Gasteiger partial charge is 0.157 e. The quantitative estimate of drug-likeness (QED) is 0.779. The summed E-state index contributed by atoms with van der Waals surface area (Å²) in [4.78, 5) is 13.1. The molecular weight excluding hydrogens is 390 g/mol. The molecule has 0 unspecified atom stereocenters. The van der Waals surface area contributed by atoms with E-state index in [4.69, 9.17) is 10.00 Å². The van der Waals surface area contributed by atoms with Crippen molar-refractivity contribution in [1.29, 1.82) is 5.26 Å². The number of ether oxygens (including phenoxy) is 1. The first-order chi connectivity index (χ1) is 14.9. The molecule has 0 aliphatic heterocycles. The maximum Gasteiger partial charge on any atom is 0.157 e. The lowest BCUT2D eigenvalue weighted by atomic mass is 9.39. The van der Waals surface area contributed by atoms with Crippen molar-refractivity contribution >= 4 is 5.78 Å². The third-order valence-electron chi connectivity index (χ3n) is 9.71. The molecule has 0 aromatic carbocycles. The van der Waals surface area contributed by atoms with Crippen LogP contribution in [0.15, 0.2) is 12.4 Å². The minimum absolute atomic E-state index is 0.127. The van der Waals surface area contributed by atoms with Gasteiger partial charge in [-0.3, -0.25) is 9.48 Å². The summed E-state index contributed by atoms with van der Waals surface area (Å²) in [5.41, 5.74) is 0.00666. The molecule has 0 amide bonds. The monoisotopic (exact) mass is 425 g/mol. The lowest BCUT2D eigenvalue weighted by Gasteiger charge is -2.65. The zero-order chi connectivity index (χ0) is 21.8. The average Bonchev–Trinajstić information content (AvgIpc) is 3.18. The number of Topliss-reactive ketones (excluding diaryl/α,β-unsaturated/α-hetero) is 1. The first-order valence-electron chi connectivity index (χ1n) is 12.0. The molecule has 31 heavy (non-hydrogen) atoms. The van der Waals surface area contributed by atoms with Crippen LogP contribution in [0.25, 0.3) is 0 Å². The topological polar surface area (TPSA) is 88.1 Å². The predicted octanol–water partition coefficient (Wildman–Crippen LogP) is 3.58. The van der Waals surface area contributed by atoms with E-state index in [0.29, 0.717) is 24.0 Å². The van der Waals surface area contributed by atoms with E-state index in [0.717, 1.165) is 49.9 Å². The number of aromatic nitrogens is 2. The maximum absolute atomic E-state index is 13.1.